The zero-order valence-corrected chi connectivity index (χ0v) is 13.2. The first kappa shape index (κ1) is 14.5. The van der Waals surface area contributed by atoms with Gasteiger partial charge in [0.25, 0.3) is 0 Å². The van der Waals surface area contributed by atoms with E-state index in [1.165, 1.54) is 5.56 Å². The topological polar surface area (TPSA) is 44.4 Å². The van der Waals surface area contributed by atoms with Crippen LogP contribution in [0.15, 0.2) is 54.6 Å². The Morgan fingerprint density at radius 2 is 1.83 bits per heavy atom. The van der Waals surface area contributed by atoms with E-state index in [0.717, 1.165) is 32.5 Å². The Bertz CT molecular complexity index is 631. The second-order valence-corrected chi connectivity index (χ2v) is 6.76. The number of hydrogen-bond acceptors (Lipinski definition) is 2. The molecule has 0 spiro atoms. The minimum absolute atomic E-state index is 0.0493. The Kier molecular flexibility index (Phi) is 3.69. The molecule has 120 valence electrons. The normalized spacial score (nSPS) is 28.5. The van der Waals surface area contributed by atoms with Crippen molar-refractivity contribution < 1.29 is 4.79 Å². The van der Waals surface area contributed by atoms with Gasteiger partial charge in [0, 0.05) is 12.0 Å². The minimum atomic E-state index is 0.0493. The van der Waals surface area contributed by atoms with Crippen LogP contribution >= 0.6 is 0 Å². The highest BCUT2D eigenvalue weighted by Crippen LogP contribution is 2.36. The maximum absolute atomic E-state index is 12.5. The summed E-state index contributed by atoms with van der Waals surface area (Å²) in [5, 5.41) is 6.55. The number of nitrogens with zero attached hydrogens (tertiary/aromatic N) is 1. The van der Waals surface area contributed by atoms with E-state index in [1.807, 2.05) is 17.1 Å². The summed E-state index contributed by atoms with van der Waals surface area (Å²) in [5.74, 6) is 0. The summed E-state index contributed by atoms with van der Waals surface area (Å²) < 4.78 is 0. The predicted molar refractivity (Wildman–Crippen MR) is 91.3 cm³/mol. The van der Waals surface area contributed by atoms with Gasteiger partial charge in [-0.25, -0.2) is 4.79 Å². The summed E-state index contributed by atoms with van der Waals surface area (Å²) in [4.78, 5) is 14.6. The summed E-state index contributed by atoms with van der Waals surface area (Å²) in [5.41, 5.74) is 1.40. The molecule has 1 aliphatic carbocycles. The lowest BCUT2D eigenvalue weighted by atomic mass is 9.72. The summed E-state index contributed by atoms with van der Waals surface area (Å²) >= 11 is 0. The Labute approximate surface area is 137 Å². The molecule has 2 atom stereocenters. The van der Waals surface area contributed by atoms with Crippen LogP contribution in [0.2, 0.25) is 0 Å². The average molecular weight is 309 g/mol. The third-order valence-corrected chi connectivity index (χ3v) is 5.44. The van der Waals surface area contributed by atoms with Crippen molar-refractivity contribution in [3.8, 4) is 0 Å². The Hall–Kier alpha value is -2.07. The number of rotatable bonds is 3. The van der Waals surface area contributed by atoms with Gasteiger partial charge in [-0.05, 0) is 31.5 Å². The monoisotopic (exact) mass is 309 g/mol. The van der Waals surface area contributed by atoms with Gasteiger partial charge in [0.1, 0.15) is 0 Å². The summed E-state index contributed by atoms with van der Waals surface area (Å²) in [6.07, 6.45) is 10.4. The van der Waals surface area contributed by atoms with Gasteiger partial charge in [-0.15, -0.1) is 0 Å². The molecule has 0 aromatic heterocycles. The fourth-order valence-corrected chi connectivity index (χ4v) is 4.13. The highest BCUT2D eigenvalue weighted by atomic mass is 16.2. The first-order valence-electron chi connectivity index (χ1n) is 8.47. The second-order valence-electron chi connectivity index (χ2n) is 6.76. The first-order chi connectivity index (χ1) is 11.3. The van der Waals surface area contributed by atoms with Crippen molar-refractivity contribution in [2.45, 2.75) is 30.3 Å². The van der Waals surface area contributed by atoms with Gasteiger partial charge in [-0.1, -0.05) is 54.6 Å². The van der Waals surface area contributed by atoms with E-state index < -0.39 is 0 Å². The molecule has 4 rings (SSSR count). The molecular formula is C19H23N3O. The molecule has 23 heavy (non-hydrogen) atoms. The number of hydrogen-bond donors (Lipinski definition) is 2. The van der Waals surface area contributed by atoms with E-state index in [2.05, 4.69) is 53.1 Å². The van der Waals surface area contributed by atoms with Crippen molar-refractivity contribution in [3.63, 3.8) is 0 Å². The van der Waals surface area contributed by atoms with Gasteiger partial charge >= 0.3 is 6.03 Å². The molecular weight excluding hydrogens is 286 g/mol. The molecule has 3 aliphatic rings. The molecule has 2 saturated heterocycles. The molecule has 1 aromatic rings. The van der Waals surface area contributed by atoms with Crippen molar-refractivity contribution >= 4 is 6.03 Å². The SMILES string of the molecule is O=C1NC2C=CC=CC2N1CC1(c2ccccc2)CCNCC1. The summed E-state index contributed by atoms with van der Waals surface area (Å²) in [6.45, 7) is 2.80. The van der Waals surface area contributed by atoms with Crippen LogP contribution in [0.25, 0.3) is 0 Å². The number of piperidine rings is 1. The Balaban J connectivity index is 1.64. The van der Waals surface area contributed by atoms with Crippen LogP contribution in [0.4, 0.5) is 4.79 Å². The smallest absolute Gasteiger partial charge is 0.318 e. The first-order valence-corrected chi connectivity index (χ1v) is 8.47. The van der Waals surface area contributed by atoms with Gasteiger partial charge in [0.2, 0.25) is 0 Å². The van der Waals surface area contributed by atoms with E-state index in [-0.39, 0.29) is 23.5 Å². The van der Waals surface area contributed by atoms with Crippen molar-refractivity contribution in [1.82, 2.24) is 15.5 Å². The van der Waals surface area contributed by atoms with E-state index in [0.29, 0.717) is 0 Å². The van der Waals surface area contributed by atoms with E-state index in [1.54, 1.807) is 0 Å². The fourth-order valence-electron chi connectivity index (χ4n) is 4.13. The molecule has 4 heteroatoms. The van der Waals surface area contributed by atoms with Crippen molar-refractivity contribution in [3.05, 3.63) is 60.2 Å². The van der Waals surface area contributed by atoms with Crippen LogP contribution in [-0.4, -0.2) is 42.6 Å². The number of allylic oxidation sites excluding steroid dienone is 2. The van der Waals surface area contributed by atoms with Crippen molar-refractivity contribution in [2.24, 2.45) is 0 Å². The largest absolute Gasteiger partial charge is 0.329 e. The number of fused-ring (bicyclic) bond motifs is 1. The van der Waals surface area contributed by atoms with Gasteiger partial charge in [0.15, 0.2) is 0 Å². The third kappa shape index (κ3) is 2.57. The number of carbonyl (C=O) groups is 1. The minimum Gasteiger partial charge on any atom is -0.329 e. The van der Waals surface area contributed by atoms with Crippen molar-refractivity contribution in [1.29, 1.82) is 0 Å². The van der Waals surface area contributed by atoms with E-state index in [4.69, 9.17) is 0 Å². The standard InChI is InChI=1S/C19H23N3O/c23-18-21-16-8-4-5-9-17(16)22(18)14-19(10-12-20-13-11-19)15-6-2-1-3-7-15/h1-9,16-17,20H,10-14H2,(H,21,23). The van der Waals surface area contributed by atoms with Crippen LogP contribution in [0.3, 0.4) is 0 Å². The number of benzene rings is 1. The molecule has 0 bridgehead atoms. The number of nitrogens with one attached hydrogen (secondary N) is 2. The Morgan fingerprint density at radius 3 is 2.61 bits per heavy atom. The predicted octanol–water partition coefficient (Wildman–Crippen LogP) is 2.20. The van der Waals surface area contributed by atoms with Crippen molar-refractivity contribution in [2.75, 3.05) is 19.6 Å². The van der Waals surface area contributed by atoms with E-state index >= 15 is 0 Å². The summed E-state index contributed by atoms with van der Waals surface area (Å²) in [6, 6.07) is 11.0. The summed E-state index contributed by atoms with van der Waals surface area (Å²) in [7, 11) is 0. The molecule has 2 N–H and O–H groups in total. The van der Waals surface area contributed by atoms with Crippen LogP contribution in [0, 0.1) is 0 Å². The lowest BCUT2D eigenvalue weighted by molar-refractivity contribution is 0.173. The maximum atomic E-state index is 12.5. The van der Waals surface area contributed by atoms with Crippen LogP contribution in [0.1, 0.15) is 18.4 Å². The quantitative estimate of drug-likeness (QED) is 0.899. The molecule has 2 amide bonds. The molecule has 1 aromatic carbocycles. The highest BCUT2D eigenvalue weighted by Gasteiger charge is 2.43. The van der Waals surface area contributed by atoms with Gasteiger partial charge in [-0.2, -0.15) is 0 Å². The van der Waals surface area contributed by atoms with Crippen LogP contribution < -0.4 is 10.6 Å². The average Bonchev–Trinajstić information content (AvgIpc) is 2.92. The highest BCUT2D eigenvalue weighted by molar-refractivity contribution is 5.79. The third-order valence-electron chi connectivity index (χ3n) is 5.44. The molecule has 0 saturated carbocycles. The zero-order valence-electron chi connectivity index (χ0n) is 13.2. The van der Waals surface area contributed by atoms with Crippen LogP contribution in [0.5, 0.6) is 0 Å². The maximum Gasteiger partial charge on any atom is 0.318 e. The number of urea groups is 1. The molecule has 0 radical (unpaired) electrons. The molecule has 2 fully saturated rings. The molecule has 2 unspecified atom stereocenters. The van der Waals surface area contributed by atoms with Gasteiger partial charge in [0.05, 0.1) is 12.1 Å². The Morgan fingerprint density at radius 1 is 1.09 bits per heavy atom. The number of amides is 2. The fraction of sp³-hybridized carbons (Fsp3) is 0.421. The molecule has 2 heterocycles. The van der Waals surface area contributed by atoms with Crippen LogP contribution in [-0.2, 0) is 5.41 Å². The van der Waals surface area contributed by atoms with E-state index in [9.17, 15) is 4.79 Å². The second kappa shape index (κ2) is 5.85. The number of carbonyl (C=O) groups excluding carboxylic acids is 1. The lowest BCUT2D eigenvalue weighted by Crippen LogP contribution is -2.50. The molecule has 4 nitrogen and oxygen atoms in total. The lowest BCUT2D eigenvalue weighted by Gasteiger charge is -2.42. The van der Waals surface area contributed by atoms with Gasteiger partial charge < -0.3 is 15.5 Å². The zero-order chi connectivity index (χ0) is 15.7. The van der Waals surface area contributed by atoms with Gasteiger partial charge in [-0.3, -0.25) is 0 Å². The molecule has 2 aliphatic heterocycles.